The van der Waals surface area contributed by atoms with Gasteiger partial charge in [0.15, 0.2) is 0 Å². The first-order valence-corrected chi connectivity index (χ1v) is 4.23. The molecule has 0 fully saturated rings. The number of esters is 1. The van der Waals surface area contributed by atoms with Crippen LogP contribution in [0.1, 0.15) is 12.5 Å². The molecule has 0 saturated heterocycles. The van der Waals surface area contributed by atoms with E-state index in [4.69, 9.17) is 4.74 Å². The van der Waals surface area contributed by atoms with Crippen LogP contribution in [0.15, 0.2) is 30.3 Å². The van der Waals surface area contributed by atoms with Gasteiger partial charge in [-0.25, -0.2) is 4.79 Å². The molecule has 0 saturated carbocycles. The maximum absolute atomic E-state index is 11.4. The van der Waals surface area contributed by atoms with E-state index in [-0.39, 0.29) is 0 Å². The number of carbonyl (C=O) groups excluding carboxylic acids is 1. The molecule has 14 heavy (non-hydrogen) atoms. The summed E-state index contributed by atoms with van der Waals surface area (Å²) in [5.41, 5.74) is -0.546. The zero-order valence-electron chi connectivity index (χ0n) is 7.64. The molecule has 1 aliphatic heterocycles. The number of hydrogen-bond acceptors (Lipinski definition) is 3. The van der Waals surface area contributed by atoms with Crippen LogP contribution in [0, 0.1) is 5.21 Å². The Morgan fingerprint density at radius 1 is 1.36 bits per heavy atom. The van der Waals surface area contributed by atoms with Gasteiger partial charge in [0.1, 0.15) is 0 Å². The van der Waals surface area contributed by atoms with Crippen LogP contribution in [0.5, 0.6) is 0 Å². The molecule has 4 heteroatoms. The van der Waals surface area contributed by atoms with Crippen molar-refractivity contribution in [2.75, 3.05) is 0 Å². The minimum Gasteiger partial charge on any atom is -0.620 e. The lowest BCUT2D eigenvalue weighted by Gasteiger charge is -2.21. The summed E-state index contributed by atoms with van der Waals surface area (Å²) < 4.78 is 5.50. The molecule has 0 amide bonds. The average molecular weight is 191 g/mol. The van der Waals surface area contributed by atoms with Crippen molar-refractivity contribution in [3.8, 4) is 0 Å². The molecule has 0 N–H and O–H groups in total. The molecule has 0 bridgehead atoms. The number of ether oxygens (including phenoxy) is 1. The Bertz CT molecular complexity index is 399. The molecular formula is C10H9NO3. The second-order valence-corrected chi connectivity index (χ2v) is 3.22. The lowest BCUT2D eigenvalue weighted by molar-refractivity contribution is -0.592. The number of rotatable bonds is 1. The van der Waals surface area contributed by atoms with E-state index in [2.05, 4.69) is 0 Å². The Balaban J connectivity index is 2.45. The highest BCUT2D eigenvalue weighted by atomic mass is 16.6. The fourth-order valence-corrected chi connectivity index (χ4v) is 1.42. The minimum atomic E-state index is -1.21. The number of cyclic esters (lactones) is 1. The third-order valence-corrected chi connectivity index (χ3v) is 2.25. The van der Waals surface area contributed by atoms with E-state index in [1.807, 2.05) is 6.07 Å². The van der Waals surface area contributed by atoms with Crippen LogP contribution < -0.4 is 0 Å². The second kappa shape index (κ2) is 2.83. The summed E-state index contributed by atoms with van der Waals surface area (Å²) in [5.74, 6) is -0.605. The molecule has 72 valence electrons. The van der Waals surface area contributed by atoms with Crippen LogP contribution in [0.3, 0.4) is 0 Å². The highest BCUT2D eigenvalue weighted by Gasteiger charge is 2.45. The summed E-state index contributed by atoms with van der Waals surface area (Å²) in [5, 5.41) is 11.4. The second-order valence-electron chi connectivity index (χ2n) is 3.22. The summed E-state index contributed by atoms with van der Waals surface area (Å²) >= 11 is 0. The predicted molar refractivity (Wildman–Crippen MR) is 49.6 cm³/mol. The molecule has 0 aromatic heterocycles. The fourth-order valence-electron chi connectivity index (χ4n) is 1.42. The van der Waals surface area contributed by atoms with Gasteiger partial charge in [0.25, 0.3) is 6.21 Å². The first kappa shape index (κ1) is 8.74. The van der Waals surface area contributed by atoms with Gasteiger partial charge in [-0.15, -0.1) is 0 Å². The average Bonchev–Trinajstić information content (AvgIpc) is 2.43. The zero-order valence-corrected chi connectivity index (χ0v) is 7.64. The first-order valence-electron chi connectivity index (χ1n) is 4.23. The van der Waals surface area contributed by atoms with Gasteiger partial charge in [0, 0.05) is 6.92 Å². The van der Waals surface area contributed by atoms with E-state index < -0.39 is 11.7 Å². The predicted octanol–water partition coefficient (Wildman–Crippen LogP) is 0.997. The van der Waals surface area contributed by atoms with Crippen LogP contribution in [0.25, 0.3) is 0 Å². The fraction of sp³-hybridized carbons (Fsp3) is 0.200. The molecular weight excluding hydrogens is 182 g/mol. The van der Waals surface area contributed by atoms with Crippen LogP contribution in [-0.4, -0.2) is 16.9 Å². The highest BCUT2D eigenvalue weighted by molar-refractivity contribution is 6.22. The quantitative estimate of drug-likeness (QED) is 0.378. The Morgan fingerprint density at radius 3 is 2.50 bits per heavy atom. The highest BCUT2D eigenvalue weighted by Crippen LogP contribution is 2.28. The summed E-state index contributed by atoms with van der Waals surface area (Å²) in [7, 11) is 0. The third kappa shape index (κ3) is 1.16. The minimum absolute atomic E-state index is 0.532. The van der Waals surface area contributed by atoms with E-state index in [9.17, 15) is 10.0 Å². The number of hydroxylamine groups is 1. The summed E-state index contributed by atoms with van der Waals surface area (Å²) in [4.78, 5) is 10.9. The maximum atomic E-state index is 11.4. The lowest BCUT2D eigenvalue weighted by atomic mass is 10.1. The third-order valence-electron chi connectivity index (χ3n) is 2.25. The monoisotopic (exact) mass is 191 g/mol. The number of carbonyl (C=O) groups is 1. The van der Waals surface area contributed by atoms with E-state index in [0.29, 0.717) is 10.3 Å². The van der Waals surface area contributed by atoms with Crippen molar-refractivity contribution in [3.63, 3.8) is 0 Å². The lowest BCUT2D eigenvalue weighted by Crippen LogP contribution is -2.31. The number of benzene rings is 1. The van der Waals surface area contributed by atoms with Crippen molar-refractivity contribution in [2.45, 2.75) is 12.6 Å². The Hall–Kier alpha value is -1.84. The Labute approximate surface area is 81.0 Å². The van der Waals surface area contributed by atoms with Gasteiger partial charge >= 0.3 is 11.7 Å². The van der Waals surface area contributed by atoms with Crippen LogP contribution in [0.4, 0.5) is 0 Å². The summed E-state index contributed by atoms with van der Waals surface area (Å²) in [6.45, 7) is 1.57. The smallest absolute Gasteiger partial charge is 0.402 e. The van der Waals surface area contributed by atoms with Crippen molar-refractivity contribution < 1.29 is 14.3 Å². The SMILES string of the molecule is CC1(c2ccccc2)OC(=O)C=[N+]1[O-]. The van der Waals surface area contributed by atoms with Gasteiger partial charge in [0.2, 0.25) is 0 Å². The van der Waals surface area contributed by atoms with Crippen molar-refractivity contribution in [1.29, 1.82) is 0 Å². The van der Waals surface area contributed by atoms with Gasteiger partial charge < -0.3 is 9.94 Å². The maximum Gasteiger partial charge on any atom is 0.402 e. The molecule has 2 rings (SSSR count). The number of nitrogens with zero attached hydrogens (tertiary/aromatic N) is 1. The number of hydrogen-bond donors (Lipinski definition) is 0. The molecule has 1 aromatic carbocycles. The molecule has 4 nitrogen and oxygen atoms in total. The van der Waals surface area contributed by atoms with Crippen molar-refractivity contribution in [2.24, 2.45) is 0 Å². The molecule has 1 aliphatic rings. The van der Waals surface area contributed by atoms with Gasteiger partial charge in [-0.3, -0.25) is 0 Å². The molecule has 0 radical (unpaired) electrons. The van der Waals surface area contributed by atoms with Gasteiger partial charge in [-0.2, -0.15) is 4.74 Å². The first-order chi connectivity index (χ1) is 6.63. The molecule has 1 heterocycles. The summed E-state index contributed by atoms with van der Waals surface area (Å²) in [6, 6.07) is 8.92. The Kier molecular flexibility index (Phi) is 1.77. The van der Waals surface area contributed by atoms with E-state index in [1.54, 1.807) is 31.2 Å². The van der Waals surface area contributed by atoms with Crippen LogP contribution in [-0.2, 0) is 15.3 Å². The van der Waals surface area contributed by atoms with Crippen molar-refractivity contribution in [3.05, 3.63) is 41.1 Å². The van der Waals surface area contributed by atoms with E-state index in [1.165, 1.54) is 0 Å². The Morgan fingerprint density at radius 2 is 2.00 bits per heavy atom. The van der Waals surface area contributed by atoms with E-state index >= 15 is 0 Å². The standard InChI is InChI=1S/C10H9NO3/c1-10(8-5-3-2-4-6-8)11(13)7-9(12)14-10/h2-7H,1H3. The van der Waals surface area contributed by atoms with Crippen LogP contribution >= 0.6 is 0 Å². The van der Waals surface area contributed by atoms with Gasteiger partial charge in [0.05, 0.1) is 5.56 Å². The van der Waals surface area contributed by atoms with Gasteiger partial charge in [-0.1, -0.05) is 18.2 Å². The van der Waals surface area contributed by atoms with Crippen LogP contribution in [0.2, 0.25) is 0 Å². The largest absolute Gasteiger partial charge is 0.620 e. The molecule has 0 spiro atoms. The molecule has 1 atom stereocenters. The molecule has 1 unspecified atom stereocenters. The normalized spacial score (nSPS) is 25.8. The van der Waals surface area contributed by atoms with E-state index in [0.717, 1.165) is 6.21 Å². The topological polar surface area (TPSA) is 52.4 Å². The van der Waals surface area contributed by atoms with Crippen molar-refractivity contribution in [1.82, 2.24) is 0 Å². The molecule has 1 aromatic rings. The zero-order chi connectivity index (χ0) is 10.2. The molecule has 0 aliphatic carbocycles. The van der Waals surface area contributed by atoms with Gasteiger partial charge in [-0.05, 0) is 12.1 Å². The van der Waals surface area contributed by atoms with Crippen molar-refractivity contribution >= 4 is 12.2 Å². The summed E-state index contributed by atoms with van der Waals surface area (Å²) in [6.07, 6.45) is 0.910.